The molecule has 0 aromatic rings. The van der Waals surface area contributed by atoms with Gasteiger partial charge in [-0.3, -0.25) is 9.69 Å². The molecule has 104 valence electrons. The Labute approximate surface area is 110 Å². The molecule has 1 amide bonds. The highest BCUT2D eigenvalue weighted by Gasteiger charge is 2.39. The van der Waals surface area contributed by atoms with Crippen molar-refractivity contribution in [3.05, 3.63) is 0 Å². The van der Waals surface area contributed by atoms with E-state index in [0.29, 0.717) is 12.1 Å². The predicted octanol–water partition coefficient (Wildman–Crippen LogP) is 1.50. The highest BCUT2D eigenvalue weighted by molar-refractivity contribution is 5.81. The second kappa shape index (κ2) is 6.02. The molecule has 18 heavy (non-hydrogen) atoms. The van der Waals surface area contributed by atoms with Gasteiger partial charge in [0.05, 0.1) is 0 Å². The molecule has 0 aliphatic carbocycles. The van der Waals surface area contributed by atoms with Crippen molar-refractivity contribution in [1.29, 1.82) is 0 Å². The highest BCUT2D eigenvalue weighted by atomic mass is 16.5. The molecule has 0 spiro atoms. The maximum Gasteiger partial charge on any atom is 0.251 e. The second-order valence-electron chi connectivity index (χ2n) is 5.50. The fourth-order valence-electron chi connectivity index (χ4n) is 3.42. The first-order chi connectivity index (χ1) is 8.69. The van der Waals surface area contributed by atoms with Gasteiger partial charge in [0.25, 0.3) is 5.91 Å². The third kappa shape index (κ3) is 2.54. The molecular weight excluding hydrogens is 228 g/mol. The zero-order chi connectivity index (χ0) is 13.1. The van der Waals surface area contributed by atoms with E-state index in [-0.39, 0.29) is 12.0 Å². The monoisotopic (exact) mass is 254 g/mol. The van der Waals surface area contributed by atoms with Gasteiger partial charge in [0.2, 0.25) is 0 Å². The summed E-state index contributed by atoms with van der Waals surface area (Å²) >= 11 is 0. The van der Waals surface area contributed by atoms with Gasteiger partial charge in [0.15, 0.2) is 0 Å². The van der Waals surface area contributed by atoms with Crippen LogP contribution in [0.5, 0.6) is 0 Å². The molecular formula is C14H26N2O2. The second-order valence-corrected chi connectivity index (χ2v) is 5.50. The Kier molecular flexibility index (Phi) is 4.62. The Bertz CT molecular complexity index is 286. The van der Waals surface area contributed by atoms with Gasteiger partial charge < -0.3 is 9.64 Å². The smallest absolute Gasteiger partial charge is 0.251 e. The number of nitrogens with zero attached hydrogens (tertiary/aromatic N) is 2. The standard InChI is InChI=1S/C14H26N2O2/c1-4-13(18-3)14(17)16-10-7-12(11(16)2)15-8-5-6-9-15/h11-13H,4-10H2,1-3H3. The molecule has 0 saturated carbocycles. The van der Waals surface area contributed by atoms with Crippen LogP contribution in [-0.4, -0.2) is 60.6 Å². The quantitative estimate of drug-likeness (QED) is 0.762. The van der Waals surface area contributed by atoms with Crippen LogP contribution in [0.1, 0.15) is 39.5 Å². The van der Waals surface area contributed by atoms with Gasteiger partial charge in [-0.15, -0.1) is 0 Å². The van der Waals surface area contributed by atoms with Crippen LogP contribution in [-0.2, 0) is 9.53 Å². The maximum absolute atomic E-state index is 12.4. The van der Waals surface area contributed by atoms with E-state index in [1.54, 1.807) is 7.11 Å². The largest absolute Gasteiger partial charge is 0.372 e. The lowest BCUT2D eigenvalue weighted by molar-refractivity contribution is -0.143. The average Bonchev–Trinajstić information content (AvgIpc) is 2.99. The fraction of sp³-hybridized carbons (Fsp3) is 0.929. The summed E-state index contributed by atoms with van der Waals surface area (Å²) in [6.07, 6.45) is 4.24. The Hall–Kier alpha value is -0.610. The zero-order valence-electron chi connectivity index (χ0n) is 11.9. The van der Waals surface area contributed by atoms with E-state index in [1.165, 1.54) is 25.9 Å². The number of rotatable bonds is 4. The maximum atomic E-state index is 12.4. The van der Waals surface area contributed by atoms with Crippen molar-refractivity contribution in [2.45, 2.75) is 57.7 Å². The van der Waals surface area contributed by atoms with Crippen molar-refractivity contribution in [2.24, 2.45) is 0 Å². The Morgan fingerprint density at radius 2 is 2.00 bits per heavy atom. The number of methoxy groups -OCH3 is 1. The number of hydrogen-bond donors (Lipinski definition) is 0. The molecule has 2 aliphatic rings. The number of carbonyl (C=O) groups excluding carboxylic acids is 1. The minimum Gasteiger partial charge on any atom is -0.372 e. The number of amides is 1. The van der Waals surface area contributed by atoms with Crippen LogP contribution in [0.3, 0.4) is 0 Å². The SMILES string of the molecule is CCC(OC)C(=O)N1CCC(N2CCCC2)C1C. The average molecular weight is 254 g/mol. The van der Waals surface area contributed by atoms with E-state index in [9.17, 15) is 4.79 Å². The minimum absolute atomic E-state index is 0.175. The van der Waals surface area contributed by atoms with Gasteiger partial charge in [0.1, 0.15) is 6.10 Å². The molecule has 4 nitrogen and oxygen atoms in total. The lowest BCUT2D eigenvalue weighted by Crippen LogP contribution is -2.47. The molecule has 0 radical (unpaired) electrons. The third-order valence-corrected chi connectivity index (χ3v) is 4.54. The molecule has 2 aliphatic heterocycles. The van der Waals surface area contributed by atoms with E-state index >= 15 is 0 Å². The molecule has 2 saturated heterocycles. The molecule has 4 heteroatoms. The van der Waals surface area contributed by atoms with Crippen LogP contribution in [0.15, 0.2) is 0 Å². The van der Waals surface area contributed by atoms with Crippen LogP contribution < -0.4 is 0 Å². The lowest BCUT2D eigenvalue weighted by Gasteiger charge is -2.31. The first-order valence-electron chi connectivity index (χ1n) is 7.26. The van der Waals surface area contributed by atoms with Gasteiger partial charge in [-0.25, -0.2) is 0 Å². The van der Waals surface area contributed by atoms with Gasteiger partial charge in [-0.1, -0.05) is 6.92 Å². The van der Waals surface area contributed by atoms with E-state index in [0.717, 1.165) is 19.4 Å². The minimum atomic E-state index is -0.259. The third-order valence-electron chi connectivity index (χ3n) is 4.54. The molecule has 2 fully saturated rings. The number of carbonyl (C=O) groups is 1. The van der Waals surface area contributed by atoms with Crippen molar-refractivity contribution in [1.82, 2.24) is 9.80 Å². The van der Waals surface area contributed by atoms with E-state index in [2.05, 4.69) is 11.8 Å². The van der Waals surface area contributed by atoms with Crippen LogP contribution in [0, 0.1) is 0 Å². The normalized spacial score (nSPS) is 30.9. The molecule has 3 unspecified atom stereocenters. The molecule has 2 rings (SSSR count). The highest BCUT2D eigenvalue weighted by Crippen LogP contribution is 2.27. The molecule has 2 heterocycles. The van der Waals surface area contributed by atoms with Crippen LogP contribution in [0.4, 0.5) is 0 Å². The summed E-state index contributed by atoms with van der Waals surface area (Å²) in [7, 11) is 1.63. The molecule has 0 aromatic carbocycles. The van der Waals surface area contributed by atoms with Gasteiger partial charge >= 0.3 is 0 Å². The molecule has 0 N–H and O–H groups in total. The molecule has 0 aromatic heterocycles. The lowest BCUT2D eigenvalue weighted by atomic mass is 10.1. The van der Waals surface area contributed by atoms with Crippen molar-refractivity contribution in [2.75, 3.05) is 26.7 Å². The molecule has 0 bridgehead atoms. The van der Waals surface area contributed by atoms with E-state index in [4.69, 9.17) is 4.74 Å². The Morgan fingerprint density at radius 1 is 1.33 bits per heavy atom. The number of hydrogen-bond acceptors (Lipinski definition) is 3. The van der Waals surface area contributed by atoms with Crippen LogP contribution in [0.2, 0.25) is 0 Å². The Balaban J connectivity index is 1.97. The summed E-state index contributed by atoms with van der Waals surface area (Å²) in [5, 5.41) is 0. The van der Waals surface area contributed by atoms with Crippen molar-refractivity contribution >= 4 is 5.91 Å². The fourth-order valence-corrected chi connectivity index (χ4v) is 3.42. The number of likely N-dealkylation sites (tertiary alicyclic amines) is 2. The van der Waals surface area contributed by atoms with Crippen molar-refractivity contribution < 1.29 is 9.53 Å². The van der Waals surface area contributed by atoms with Crippen LogP contribution in [0.25, 0.3) is 0 Å². The van der Waals surface area contributed by atoms with Crippen LogP contribution >= 0.6 is 0 Å². The van der Waals surface area contributed by atoms with Gasteiger partial charge in [-0.2, -0.15) is 0 Å². The van der Waals surface area contributed by atoms with Crippen molar-refractivity contribution in [3.8, 4) is 0 Å². The summed E-state index contributed by atoms with van der Waals surface area (Å²) < 4.78 is 5.28. The molecule has 3 atom stereocenters. The summed E-state index contributed by atoms with van der Waals surface area (Å²) in [6, 6.07) is 0.894. The first-order valence-corrected chi connectivity index (χ1v) is 7.26. The first kappa shape index (κ1) is 13.8. The van der Waals surface area contributed by atoms with Gasteiger partial charge in [0, 0.05) is 25.7 Å². The zero-order valence-corrected chi connectivity index (χ0v) is 11.9. The summed E-state index contributed by atoms with van der Waals surface area (Å²) in [6.45, 7) is 7.50. The predicted molar refractivity (Wildman–Crippen MR) is 71.5 cm³/mol. The summed E-state index contributed by atoms with van der Waals surface area (Å²) in [5.74, 6) is 0.175. The van der Waals surface area contributed by atoms with E-state index in [1.807, 2.05) is 11.8 Å². The summed E-state index contributed by atoms with van der Waals surface area (Å²) in [5.41, 5.74) is 0. The summed E-state index contributed by atoms with van der Waals surface area (Å²) in [4.78, 5) is 17.0. The van der Waals surface area contributed by atoms with E-state index < -0.39 is 0 Å². The van der Waals surface area contributed by atoms with Crippen molar-refractivity contribution in [3.63, 3.8) is 0 Å². The van der Waals surface area contributed by atoms with Gasteiger partial charge in [-0.05, 0) is 45.7 Å². The Morgan fingerprint density at radius 3 is 2.56 bits per heavy atom. The topological polar surface area (TPSA) is 32.8 Å². The number of ether oxygens (including phenoxy) is 1.